The molecule has 1 heterocycles. The molecule has 152 valence electrons. The van der Waals surface area contributed by atoms with E-state index in [0.717, 1.165) is 17.7 Å². The van der Waals surface area contributed by atoms with Crippen LogP contribution in [0.1, 0.15) is 32.1 Å². The standard InChI is InChI=1S/C22H31N3O3/c1-22(2,3)25(21(27)23(4)5)17-20(26)24(16-19-12-9-15-28-19)14-13-18-10-7-6-8-11-18/h6-12,15H,13-14,16-17H2,1-5H3. The van der Waals surface area contributed by atoms with E-state index in [1.54, 1.807) is 30.2 Å². The fourth-order valence-electron chi connectivity index (χ4n) is 2.86. The molecule has 1 aromatic heterocycles. The van der Waals surface area contributed by atoms with Crippen LogP contribution in [0.4, 0.5) is 4.79 Å². The van der Waals surface area contributed by atoms with Crippen molar-refractivity contribution in [1.29, 1.82) is 0 Å². The van der Waals surface area contributed by atoms with Crippen molar-refractivity contribution in [2.75, 3.05) is 27.2 Å². The summed E-state index contributed by atoms with van der Waals surface area (Å²) in [6.45, 7) is 6.76. The largest absolute Gasteiger partial charge is 0.467 e. The zero-order valence-corrected chi connectivity index (χ0v) is 17.5. The quantitative estimate of drug-likeness (QED) is 0.731. The zero-order valence-electron chi connectivity index (χ0n) is 17.5. The fraction of sp³-hybridized carbons (Fsp3) is 0.455. The van der Waals surface area contributed by atoms with Gasteiger partial charge in [-0.1, -0.05) is 30.3 Å². The van der Waals surface area contributed by atoms with Gasteiger partial charge < -0.3 is 19.1 Å². The molecule has 0 aliphatic rings. The number of carbonyl (C=O) groups excluding carboxylic acids is 2. The molecule has 6 nitrogen and oxygen atoms in total. The maximum absolute atomic E-state index is 13.1. The second kappa shape index (κ2) is 9.44. The summed E-state index contributed by atoms with van der Waals surface area (Å²) in [5.41, 5.74) is 0.698. The highest BCUT2D eigenvalue weighted by Crippen LogP contribution is 2.16. The summed E-state index contributed by atoms with van der Waals surface area (Å²) in [4.78, 5) is 30.6. The van der Waals surface area contributed by atoms with E-state index in [4.69, 9.17) is 4.42 Å². The average Bonchev–Trinajstić information content (AvgIpc) is 3.15. The summed E-state index contributed by atoms with van der Waals surface area (Å²) in [5.74, 6) is 0.625. The molecular weight excluding hydrogens is 354 g/mol. The first kappa shape index (κ1) is 21.5. The molecule has 28 heavy (non-hydrogen) atoms. The maximum Gasteiger partial charge on any atom is 0.320 e. The molecule has 3 amide bonds. The van der Waals surface area contributed by atoms with Gasteiger partial charge in [0.1, 0.15) is 12.3 Å². The van der Waals surface area contributed by atoms with E-state index in [2.05, 4.69) is 0 Å². The lowest BCUT2D eigenvalue weighted by Crippen LogP contribution is -2.54. The van der Waals surface area contributed by atoms with Crippen LogP contribution in [0.3, 0.4) is 0 Å². The van der Waals surface area contributed by atoms with Crippen molar-refractivity contribution < 1.29 is 14.0 Å². The number of carbonyl (C=O) groups is 2. The number of nitrogens with zero attached hydrogens (tertiary/aromatic N) is 3. The maximum atomic E-state index is 13.1. The molecule has 0 fully saturated rings. The van der Waals surface area contributed by atoms with E-state index >= 15 is 0 Å². The first-order valence-corrected chi connectivity index (χ1v) is 9.51. The molecule has 0 saturated carbocycles. The lowest BCUT2D eigenvalue weighted by atomic mass is 10.1. The lowest BCUT2D eigenvalue weighted by Gasteiger charge is -2.38. The van der Waals surface area contributed by atoms with Crippen molar-refractivity contribution in [3.8, 4) is 0 Å². The Balaban J connectivity index is 2.15. The van der Waals surface area contributed by atoms with Crippen LogP contribution in [0.25, 0.3) is 0 Å². The zero-order chi connectivity index (χ0) is 20.7. The smallest absolute Gasteiger partial charge is 0.320 e. The van der Waals surface area contributed by atoms with Gasteiger partial charge in [-0.3, -0.25) is 4.79 Å². The summed E-state index contributed by atoms with van der Waals surface area (Å²) in [7, 11) is 3.39. The summed E-state index contributed by atoms with van der Waals surface area (Å²) < 4.78 is 5.44. The SMILES string of the molecule is CN(C)C(=O)N(CC(=O)N(CCc1ccccc1)Cc1ccco1)C(C)(C)C. The fourth-order valence-corrected chi connectivity index (χ4v) is 2.86. The molecule has 1 aromatic carbocycles. The van der Waals surface area contributed by atoms with E-state index in [1.807, 2.05) is 63.2 Å². The summed E-state index contributed by atoms with van der Waals surface area (Å²) in [6, 6.07) is 13.5. The van der Waals surface area contributed by atoms with Crippen molar-refractivity contribution in [2.45, 2.75) is 39.3 Å². The number of hydrogen-bond acceptors (Lipinski definition) is 3. The molecule has 0 aliphatic heterocycles. The van der Waals surface area contributed by atoms with Gasteiger partial charge in [-0.25, -0.2) is 4.79 Å². The van der Waals surface area contributed by atoms with Gasteiger partial charge in [0.2, 0.25) is 5.91 Å². The Morgan fingerprint density at radius 1 is 1.00 bits per heavy atom. The second-order valence-electron chi connectivity index (χ2n) is 8.06. The molecule has 0 aliphatic carbocycles. The van der Waals surface area contributed by atoms with Crippen molar-refractivity contribution in [3.63, 3.8) is 0 Å². The summed E-state index contributed by atoms with van der Waals surface area (Å²) >= 11 is 0. The predicted molar refractivity (Wildman–Crippen MR) is 110 cm³/mol. The molecule has 0 saturated heterocycles. The Hall–Kier alpha value is -2.76. The number of furan rings is 1. The molecule has 2 rings (SSSR count). The Morgan fingerprint density at radius 2 is 1.68 bits per heavy atom. The van der Waals surface area contributed by atoms with Crippen LogP contribution >= 0.6 is 0 Å². The Kier molecular flexibility index (Phi) is 7.26. The molecule has 2 aromatic rings. The van der Waals surface area contributed by atoms with Crippen LogP contribution in [0.2, 0.25) is 0 Å². The highest BCUT2D eigenvalue weighted by molar-refractivity contribution is 5.84. The van der Waals surface area contributed by atoms with Crippen LogP contribution in [-0.4, -0.2) is 59.4 Å². The van der Waals surface area contributed by atoms with Gasteiger partial charge in [-0.15, -0.1) is 0 Å². The van der Waals surface area contributed by atoms with Crippen molar-refractivity contribution in [3.05, 3.63) is 60.1 Å². The van der Waals surface area contributed by atoms with E-state index in [9.17, 15) is 9.59 Å². The Bertz CT molecular complexity index is 749. The van der Waals surface area contributed by atoms with Crippen LogP contribution in [0.15, 0.2) is 53.1 Å². The van der Waals surface area contributed by atoms with Gasteiger partial charge in [-0.2, -0.15) is 0 Å². The van der Waals surface area contributed by atoms with Gasteiger partial charge in [0.15, 0.2) is 0 Å². The highest BCUT2D eigenvalue weighted by Gasteiger charge is 2.31. The van der Waals surface area contributed by atoms with Gasteiger partial charge in [0.05, 0.1) is 12.8 Å². The number of benzene rings is 1. The van der Waals surface area contributed by atoms with Gasteiger partial charge in [-0.05, 0) is 44.9 Å². The predicted octanol–water partition coefficient (Wildman–Crippen LogP) is 3.63. The van der Waals surface area contributed by atoms with Gasteiger partial charge in [0, 0.05) is 26.2 Å². The van der Waals surface area contributed by atoms with Gasteiger partial charge in [0.25, 0.3) is 0 Å². The van der Waals surface area contributed by atoms with Crippen molar-refractivity contribution in [2.24, 2.45) is 0 Å². The minimum absolute atomic E-state index is 0.0238. The third kappa shape index (κ3) is 6.15. The third-order valence-electron chi connectivity index (χ3n) is 4.51. The second-order valence-corrected chi connectivity index (χ2v) is 8.06. The van der Waals surface area contributed by atoms with E-state index < -0.39 is 5.54 Å². The normalized spacial score (nSPS) is 11.2. The average molecular weight is 386 g/mol. The first-order valence-electron chi connectivity index (χ1n) is 9.51. The number of amides is 3. The molecule has 0 unspecified atom stereocenters. The van der Waals surface area contributed by atoms with E-state index in [1.165, 1.54) is 4.90 Å². The van der Waals surface area contributed by atoms with Gasteiger partial charge >= 0.3 is 6.03 Å². The molecule has 0 spiro atoms. The third-order valence-corrected chi connectivity index (χ3v) is 4.51. The molecule has 0 bridgehead atoms. The molecular formula is C22H31N3O3. The van der Waals surface area contributed by atoms with Crippen molar-refractivity contribution >= 4 is 11.9 Å². The summed E-state index contributed by atoms with van der Waals surface area (Å²) in [5, 5.41) is 0. The topological polar surface area (TPSA) is 57.0 Å². The van der Waals surface area contributed by atoms with Crippen molar-refractivity contribution in [1.82, 2.24) is 14.7 Å². The molecule has 0 atom stereocenters. The number of rotatable bonds is 7. The van der Waals surface area contributed by atoms with Crippen LogP contribution in [-0.2, 0) is 17.8 Å². The minimum Gasteiger partial charge on any atom is -0.467 e. The highest BCUT2D eigenvalue weighted by atomic mass is 16.3. The number of urea groups is 1. The Labute approximate surface area is 167 Å². The molecule has 6 heteroatoms. The minimum atomic E-state index is -0.465. The first-order chi connectivity index (χ1) is 13.2. The monoisotopic (exact) mass is 385 g/mol. The summed E-state index contributed by atoms with van der Waals surface area (Å²) in [6.07, 6.45) is 2.34. The molecule has 0 radical (unpaired) electrons. The number of hydrogen-bond donors (Lipinski definition) is 0. The van der Waals surface area contributed by atoms with Crippen LogP contribution in [0.5, 0.6) is 0 Å². The van der Waals surface area contributed by atoms with E-state index in [0.29, 0.717) is 13.1 Å². The van der Waals surface area contributed by atoms with Crippen LogP contribution in [0, 0.1) is 0 Å². The Morgan fingerprint density at radius 3 is 2.21 bits per heavy atom. The van der Waals surface area contributed by atoms with E-state index in [-0.39, 0.29) is 18.5 Å². The van der Waals surface area contributed by atoms with Crippen LogP contribution < -0.4 is 0 Å². The lowest BCUT2D eigenvalue weighted by molar-refractivity contribution is -0.133. The molecule has 0 N–H and O–H groups in total.